The van der Waals surface area contributed by atoms with E-state index in [1.807, 2.05) is 37.3 Å². The van der Waals surface area contributed by atoms with Gasteiger partial charge in [-0.05, 0) is 25.8 Å². The van der Waals surface area contributed by atoms with Gasteiger partial charge < -0.3 is 9.53 Å². The van der Waals surface area contributed by atoms with Gasteiger partial charge in [0, 0.05) is 30.3 Å². The van der Waals surface area contributed by atoms with Crippen molar-refractivity contribution in [1.82, 2.24) is 0 Å². The topological polar surface area (TPSA) is 60.4 Å². The molecule has 1 aliphatic carbocycles. The zero-order valence-electron chi connectivity index (χ0n) is 13.6. The Morgan fingerprint density at radius 2 is 2.00 bits per heavy atom. The van der Waals surface area contributed by atoms with Crippen LogP contribution in [0.2, 0.25) is 0 Å². The Labute approximate surface area is 136 Å². The van der Waals surface area contributed by atoms with Crippen molar-refractivity contribution in [2.45, 2.75) is 39.0 Å². The summed E-state index contributed by atoms with van der Waals surface area (Å²) >= 11 is 0. The van der Waals surface area contributed by atoms with E-state index in [0.29, 0.717) is 25.0 Å². The molecular weight excluding hydrogens is 292 g/mol. The summed E-state index contributed by atoms with van der Waals surface area (Å²) in [6, 6.07) is 9.54. The molecule has 0 bridgehead atoms. The number of rotatable bonds is 6. The third kappa shape index (κ3) is 3.76. The fourth-order valence-electron chi connectivity index (χ4n) is 3.31. The van der Waals surface area contributed by atoms with Gasteiger partial charge in [0.1, 0.15) is 12.1 Å². The number of Topliss-reactive ketones (excluding diaryl/α,β-unsaturated/α-hetero) is 1. The molecule has 0 saturated heterocycles. The average Bonchev–Trinajstić information content (AvgIpc) is 2.55. The van der Waals surface area contributed by atoms with Crippen molar-refractivity contribution in [3.05, 3.63) is 47.0 Å². The summed E-state index contributed by atoms with van der Waals surface area (Å²) in [5.74, 6) is -0.923. The molecule has 0 fully saturated rings. The maximum Gasteiger partial charge on any atom is 0.333 e. The smallest absolute Gasteiger partial charge is 0.333 e. The number of ketones is 1. The number of carbonyl (C=O) groups is 3. The molecule has 23 heavy (non-hydrogen) atoms. The monoisotopic (exact) mass is 314 g/mol. The van der Waals surface area contributed by atoms with Crippen LogP contribution in [0, 0.1) is 5.92 Å². The van der Waals surface area contributed by atoms with Crippen LogP contribution >= 0.6 is 0 Å². The first-order valence-electron chi connectivity index (χ1n) is 7.98. The maximum atomic E-state index is 12.5. The van der Waals surface area contributed by atoms with Crippen molar-refractivity contribution in [3.63, 3.8) is 0 Å². The first kappa shape index (κ1) is 17.1. The lowest BCUT2D eigenvalue weighted by molar-refractivity contribution is -0.139. The number of aldehydes is 1. The van der Waals surface area contributed by atoms with E-state index >= 15 is 0 Å². The summed E-state index contributed by atoms with van der Waals surface area (Å²) in [4.78, 5) is 35.8. The minimum absolute atomic E-state index is 0.0891. The van der Waals surface area contributed by atoms with Crippen LogP contribution in [0.1, 0.15) is 44.6 Å². The minimum atomic E-state index is -0.434. The van der Waals surface area contributed by atoms with E-state index in [1.54, 1.807) is 6.92 Å². The fraction of sp³-hybridized carbons (Fsp3) is 0.421. The van der Waals surface area contributed by atoms with Crippen molar-refractivity contribution < 1.29 is 19.1 Å². The van der Waals surface area contributed by atoms with Crippen LogP contribution in [0.15, 0.2) is 41.5 Å². The average molecular weight is 314 g/mol. The lowest BCUT2D eigenvalue weighted by Crippen LogP contribution is -2.30. The molecular formula is C19H22O4. The van der Waals surface area contributed by atoms with Crippen LogP contribution in [0.25, 0.3) is 0 Å². The van der Waals surface area contributed by atoms with Gasteiger partial charge in [0.25, 0.3) is 0 Å². The molecule has 1 aromatic rings. The normalized spacial score (nSPS) is 19.4. The highest BCUT2D eigenvalue weighted by Gasteiger charge is 2.36. The van der Waals surface area contributed by atoms with Gasteiger partial charge in [-0.1, -0.05) is 35.9 Å². The van der Waals surface area contributed by atoms with Gasteiger partial charge in [-0.3, -0.25) is 4.79 Å². The second-order valence-electron chi connectivity index (χ2n) is 5.75. The summed E-state index contributed by atoms with van der Waals surface area (Å²) in [6.07, 6.45) is 1.84. The molecule has 0 aliphatic heterocycles. The number of esters is 1. The van der Waals surface area contributed by atoms with Crippen LogP contribution in [0.5, 0.6) is 0 Å². The van der Waals surface area contributed by atoms with E-state index in [-0.39, 0.29) is 24.1 Å². The Hall–Kier alpha value is -2.23. The number of carbonyl (C=O) groups excluding carboxylic acids is 3. The zero-order valence-corrected chi connectivity index (χ0v) is 13.6. The zero-order chi connectivity index (χ0) is 16.8. The van der Waals surface area contributed by atoms with E-state index in [4.69, 9.17) is 4.74 Å². The van der Waals surface area contributed by atoms with E-state index in [2.05, 4.69) is 0 Å². The lowest BCUT2D eigenvalue weighted by atomic mass is 9.72. The molecule has 0 spiro atoms. The molecule has 2 unspecified atom stereocenters. The van der Waals surface area contributed by atoms with Gasteiger partial charge in [-0.25, -0.2) is 4.79 Å². The van der Waals surface area contributed by atoms with Crippen molar-refractivity contribution in [2.75, 3.05) is 6.61 Å². The van der Waals surface area contributed by atoms with Crippen LogP contribution < -0.4 is 0 Å². The Morgan fingerprint density at radius 3 is 2.61 bits per heavy atom. The maximum absolute atomic E-state index is 12.5. The van der Waals surface area contributed by atoms with Gasteiger partial charge in [0.05, 0.1) is 6.61 Å². The number of benzene rings is 1. The van der Waals surface area contributed by atoms with Crippen LogP contribution in [-0.2, 0) is 19.1 Å². The largest absolute Gasteiger partial charge is 0.463 e. The van der Waals surface area contributed by atoms with Crippen molar-refractivity contribution in [1.29, 1.82) is 0 Å². The van der Waals surface area contributed by atoms with Gasteiger partial charge in [-0.15, -0.1) is 0 Å². The third-order valence-corrected chi connectivity index (χ3v) is 4.41. The Morgan fingerprint density at radius 1 is 1.30 bits per heavy atom. The third-order valence-electron chi connectivity index (χ3n) is 4.41. The minimum Gasteiger partial charge on any atom is -0.463 e. The molecule has 0 N–H and O–H groups in total. The summed E-state index contributed by atoms with van der Waals surface area (Å²) in [6.45, 7) is 3.89. The highest BCUT2D eigenvalue weighted by molar-refractivity contribution is 5.96. The van der Waals surface area contributed by atoms with E-state index < -0.39 is 5.92 Å². The van der Waals surface area contributed by atoms with Gasteiger partial charge >= 0.3 is 5.97 Å². The fourth-order valence-corrected chi connectivity index (χ4v) is 3.31. The summed E-state index contributed by atoms with van der Waals surface area (Å²) in [5, 5.41) is 0. The van der Waals surface area contributed by atoms with E-state index in [9.17, 15) is 14.4 Å². The highest BCUT2D eigenvalue weighted by atomic mass is 16.5. The molecule has 2 atom stereocenters. The Balaban J connectivity index is 2.43. The molecule has 0 radical (unpaired) electrons. The molecule has 1 aromatic carbocycles. The van der Waals surface area contributed by atoms with Crippen molar-refractivity contribution in [3.8, 4) is 0 Å². The second-order valence-corrected chi connectivity index (χ2v) is 5.75. The van der Waals surface area contributed by atoms with Crippen LogP contribution in [0.4, 0.5) is 0 Å². The lowest BCUT2D eigenvalue weighted by Gasteiger charge is -2.31. The standard InChI is InChI=1S/C19H22O4/c1-3-23-19(22)15-9-10-17(21)18(13(15)2)16(11-12-20)14-7-5-4-6-8-14/h4-8,12,16,18H,3,9-11H2,1-2H3. The molecule has 1 aliphatic rings. The summed E-state index contributed by atoms with van der Waals surface area (Å²) in [5.41, 5.74) is 2.28. The Bertz CT molecular complexity index is 616. The molecule has 2 rings (SSSR count). The predicted octanol–water partition coefficient (Wildman–Crippen LogP) is 3.22. The van der Waals surface area contributed by atoms with Crippen LogP contribution in [-0.4, -0.2) is 24.6 Å². The number of allylic oxidation sites excluding steroid dienone is 1. The van der Waals surface area contributed by atoms with Crippen molar-refractivity contribution >= 4 is 18.0 Å². The summed E-state index contributed by atoms with van der Waals surface area (Å²) in [7, 11) is 0. The first-order valence-corrected chi connectivity index (χ1v) is 7.98. The molecule has 4 nitrogen and oxygen atoms in total. The molecule has 122 valence electrons. The number of hydrogen-bond donors (Lipinski definition) is 0. The van der Waals surface area contributed by atoms with Gasteiger partial charge in [-0.2, -0.15) is 0 Å². The molecule has 0 aromatic heterocycles. The van der Waals surface area contributed by atoms with Crippen molar-refractivity contribution in [2.24, 2.45) is 5.92 Å². The van der Waals surface area contributed by atoms with Gasteiger partial charge in [0.15, 0.2) is 0 Å². The number of hydrogen-bond acceptors (Lipinski definition) is 4. The Kier molecular flexibility index (Phi) is 5.85. The SMILES string of the molecule is CCOC(=O)C1=C(C)C(C(CC=O)c2ccccc2)C(=O)CC1. The van der Waals surface area contributed by atoms with E-state index in [1.165, 1.54) is 0 Å². The first-order chi connectivity index (χ1) is 11.1. The molecule has 0 saturated carbocycles. The molecule has 0 amide bonds. The quantitative estimate of drug-likeness (QED) is 0.597. The van der Waals surface area contributed by atoms with E-state index in [0.717, 1.165) is 17.4 Å². The highest BCUT2D eigenvalue weighted by Crippen LogP contribution is 2.39. The second kappa shape index (κ2) is 7.86. The molecule has 4 heteroatoms. The number of ether oxygens (including phenoxy) is 1. The molecule has 0 heterocycles. The van der Waals surface area contributed by atoms with Crippen LogP contribution in [0.3, 0.4) is 0 Å². The summed E-state index contributed by atoms with van der Waals surface area (Å²) < 4.78 is 5.10. The predicted molar refractivity (Wildman–Crippen MR) is 86.9 cm³/mol. The van der Waals surface area contributed by atoms with Gasteiger partial charge in [0.2, 0.25) is 0 Å².